The lowest BCUT2D eigenvalue weighted by atomic mass is 10.2. The van der Waals surface area contributed by atoms with Crippen LogP contribution in [0.1, 0.15) is 29.7 Å². The average molecular weight is 223 g/mol. The Morgan fingerprint density at radius 2 is 2.38 bits per heavy atom. The molecule has 0 radical (unpaired) electrons. The lowest BCUT2D eigenvalue weighted by Gasteiger charge is -2.13. The molecule has 1 aliphatic heterocycles. The maximum absolute atomic E-state index is 11.5. The van der Waals surface area contributed by atoms with E-state index < -0.39 is 5.97 Å². The molecule has 1 unspecified atom stereocenters. The largest absolute Gasteiger partial charge is 0.475 e. The Kier molecular flexibility index (Phi) is 2.68. The van der Waals surface area contributed by atoms with Gasteiger partial charge in [0.25, 0.3) is 0 Å². The van der Waals surface area contributed by atoms with Crippen molar-refractivity contribution < 1.29 is 19.1 Å². The summed E-state index contributed by atoms with van der Waals surface area (Å²) in [5.74, 6) is -0.205. The molecule has 16 heavy (non-hydrogen) atoms. The van der Waals surface area contributed by atoms with Crippen LogP contribution in [0, 0.1) is 5.92 Å². The summed E-state index contributed by atoms with van der Waals surface area (Å²) in [6.45, 7) is 3.08. The number of likely N-dealkylation sites (tertiary alicyclic amines) is 1. The van der Waals surface area contributed by atoms with Crippen molar-refractivity contribution in [2.75, 3.05) is 6.54 Å². The second-order valence-corrected chi connectivity index (χ2v) is 4.15. The fourth-order valence-electron chi connectivity index (χ4n) is 1.89. The third kappa shape index (κ3) is 2.08. The number of furan rings is 1. The fourth-order valence-corrected chi connectivity index (χ4v) is 1.89. The van der Waals surface area contributed by atoms with Crippen molar-refractivity contribution in [1.29, 1.82) is 0 Å². The van der Waals surface area contributed by atoms with Crippen LogP contribution in [0.25, 0.3) is 0 Å². The Bertz CT molecular complexity index is 423. The molecule has 0 aliphatic carbocycles. The molecule has 0 bridgehead atoms. The van der Waals surface area contributed by atoms with Gasteiger partial charge in [-0.3, -0.25) is 4.79 Å². The van der Waals surface area contributed by atoms with Gasteiger partial charge in [0.15, 0.2) is 0 Å². The number of amides is 1. The lowest BCUT2D eigenvalue weighted by molar-refractivity contribution is -0.128. The molecular formula is C11H13NO4. The first-order chi connectivity index (χ1) is 7.56. The van der Waals surface area contributed by atoms with Gasteiger partial charge >= 0.3 is 5.97 Å². The molecule has 1 aliphatic rings. The summed E-state index contributed by atoms with van der Waals surface area (Å²) in [5, 5.41) is 8.68. The van der Waals surface area contributed by atoms with E-state index in [1.165, 1.54) is 6.07 Å². The first-order valence-electron chi connectivity index (χ1n) is 5.16. The van der Waals surface area contributed by atoms with Crippen molar-refractivity contribution in [1.82, 2.24) is 4.90 Å². The van der Waals surface area contributed by atoms with E-state index in [-0.39, 0.29) is 11.7 Å². The van der Waals surface area contributed by atoms with Crippen LogP contribution < -0.4 is 0 Å². The summed E-state index contributed by atoms with van der Waals surface area (Å²) in [6, 6.07) is 3.00. The number of carboxylic acids is 1. The van der Waals surface area contributed by atoms with Crippen LogP contribution in [-0.4, -0.2) is 28.4 Å². The van der Waals surface area contributed by atoms with E-state index in [0.717, 1.165) is 0 Å². The fraction of sp³-hybridized carbons (Fsp3) is 0.455. The predicted molar refractivity (Wildman–Crippen MR) is 54.9 cm³/mol. The maximum Gasteiger partial charge on any atom is 0.371 e. The molecule has 0 aromatic carbocycles. The quantitative estimate of drug-likeness (QED) is 0.839. The van der Waals surface area contributed by atoms with Crippen molar-refractivity contribution in [3.63, 3.8) is 0 Å². The molecule has 1 aromatic rings. The maximum atomic E-state index is 11.5. The van der Waals surface area contributed by atoms with Gasteiger partial charge in [0.1, 0.15) is 5.76 Å². The van der Waals surface area contributed by atoms with Crippen molar-refractivity contribution in [2.45, 2.75) is 19.9 Å². The Labute approximate surface area is 92.7 Å². The third-order valence-electron chi connectivity index (χ3n) is 2.63. The number of nitrogens with zero attached hydrogens (tertiary/aromatic N) is 1. The Morgan fingerprint density at radius 3 is 2.88 bits per heavy atom. The molecule has 0 spiro atoms. The molecule has 1 amide bonds. The SMILES string of the molecule is CC1CC(=O)N(Cc2ccc(C(=O)O)o2)C1. The van der Waals surface area contributed by atoms with Gasteiger partial charge in [0, 0.05) is 13.0 Å². The van der Waals surface area contributed by atoms with Crippen molar-refractivity contribution in [3.8, 4) is 0 Å². The van der Waals surface area contributed by atoms with Crippen molar-refractivity contribution in [2.24, 2.45) is 5.92 Å². The van der Waals surface area contributed by atoms with E-state index in [1.54, 1.807) is 11.0 Å². The second kappa shape index (κ2) is 4.00. The van der Waals surface area contributed by atoms with Crippen LogP contribution in [0.15, 0.2) is 16.5 Å². The lowest BCUT2D eigenvalue weighted by Crippen LogP contribution is -2.24. The number of carbonyl (C=O) groups excluding carboxylic acids is 1. The van der Waals surface area contributed by atoms with Gasteiger partial charge in [-0.1, -0.05) is 6.92 Å². The minimum absolute atomic E-state index is 0.0882. The summed E-state index contributed by atoms with van der Waals surface area (Å²) >= 11 is 0. The molecule has 1 saturated heterocycles. The van der Waals surface area contributed by atoms with Crippen LogP contribution in [-0.2, 0) is 11.3 Å². The Hall–Kier alpha value is -1.78. The topological polar surface area (TPSA) is 70.8 Å². The molecule has 5 heteroatoms. The molecule has 1 fully saturated rings. The molecular weight excluding hydrogens is 210 g/mol. The molecule has 2 heterocycles. The van der Waals surface area contributed by atoms with Gasteiger partial charge in [0.2, 0.25) is 11.7 Å². The van der Waals surface area contributed by atoms with E-state index in [4.69, 9.17) is 9.52 Å². The van der Waals surface area contributed by atoms with E-state index in [1.807, 2.05) is 6.92 Å². The van der Waals surface area contributed by atoms with E-state index in [0.29, 0.717) is 31.2 Å². The average Bonchev–Trinajstić information content (AvgIpc) is 2.75. The molecule has 1 aromatic heterocycles. The summed E-state index contributed by atoms with van der Waals surface area (Å²) < 4.78 is 5.10. The number of aromatic carboxylic acids is 1. The summed E-state index contributed by atoms with van der Waals surface area (Å²) in [5.41, 5.74) is 0. The number of rotatable bonds is 3. The first kappa shape index (κ1) is 10.7. The predicted octanol–water partition coefficient (Wildman–Crippen LogP) is 1.35. The second-order valence-electron chi connectivity index (χ2n) is 4.15. The minimum atomic E-state index is -1.09. The molecule has 0 saturated carbocycles. The number of carboxylic acid groups (broad SMARTS) is 1. The zero-order chi connectivity index (χ0) is 11.7. The Balaban J connectivity index is 2.04. The summed E-state index contributed by atoms with van der Waals surface area (Å²) in [7, 11) is 0. The van der Waals surface area contributed by atoms with Gasteiger partial charge in [-0.2, -0.15) is 0 Å². The van der Waals surface area contributed by atoms with Crippen LogP contribution in [0.5, 0.6) is 0 Å². The molecule has 86 valence electrons. The molecule has 1 N–H and O–H groups in total. The zero-order valence-electron chi connectivity index (χ0n) is 8.97. The van der Waals surface area contributed by atoms with Gasteiger partial charge in [-0.15, -0.1) is 0 Å². The molecule has 2 rings (SSSR count). The monoisotopic (exact) mass is 223 g/mol. The highest BCUT2D eigenvalue weighted by Crippen LogP contribution is 2.20. The van der Waals surface area contributed by atoms with Gasteiger partial charge in [-0.05, 0) is 18.1 Å². The number of hydrogen-bond acceptors (Lipinski definition) is 3. The number of carbonyl (C=O) groups is 2. The van der Waals surface area contributed by atoms with Crippen LogP contribution in [0.2, 0.25) is 0 Å². The summed E-state index contributed by atoms with van der Waals surface area (Å²) in [6.07, 6.45) is 0.562. The highest BCUT2D eigenvalue weighted by molar-refractivity contribution is 5.84. The van der Waals surface area contributed by atoms with Gasteiger partial charge in [-0.25, -0.2) is 4.79 Å². The first-order valence-corrected chi connectivity index (χ1v) is 5.16. The Morgan fingerprint density at radius 1 is 1.62 bits per heavy atom. The minimum Gasteiger partial charge on any atom is -0.475 e. The number of hydrogen-bond donors (Lipinski definition) is 1. The van der Waals surface area contributed by atoms with Crippen molar-refractivity contribution in [3.05, 3.63) is 23.7 Å². The molecule has 5 nitrogen and oxygen atoms in total. The third-order valence-corrected chi connectivity index (χ3v) is 2.63. The summed E-state index contributed by atoms with van der Waals surface area (Å²) in [4.78, 5) is 23.8. The smallest absolute Gasteiger partial charge is 0.371 e. The standard InChI is InChI=1S/C11H13NO4/c1-7-4-10(13)12(5-7)6-8-2-3-9(16-8)11(14)15/h2-3,7H,4-6H2,1H3,(H,14,15). The zero-order valence-corrected chi connectivity index (χ0v) is 8.97. The van der Waals surface area contributed by atoms with Crippen LogP contribution >= 0.6 is 0 Å². The van der Waals surface area contributed by atoms with E-state index >= 15 is 0 Å². The van der Waals surface area contributed by atoms with Gasteiger partial charge < -0.3 is 14.4 Å². The van der Waals surface area contributed by atoms with E-state index in [2.05, 4.69) is 0 Å². The molecule has 1 atom stereocenters. The van der Waals surface area contributed by atoms with Crippen molar-refractivity contribution >= 4 is 11.9 Å². The van der Waals surface area contributed by atoms with Crippen LogP contribution in [0.4, 0.5) is 0 Å². The van der Waals surface area contributed by atoms with E-state index in [9.17, 15) is 9.59 Å². The highest BCUT2D eigenvalue weighted by atomic mass is 16.4. The normalized spacial score (nSPS) is 20.4. The van der Waals surface area contributed by atoms with Gasteiger partial charge in [0.05, 0.1) is 6.54 Å². The van der Waals surface area contributed by atoms with Crippen LogP contribution in [0.3, 0.4) is 0 Å². The highest BCUT2D eigenvalue weighted by Gasteiger charge is 2.27.